The molecule has 1 aliphatic rings. The number of para-hydroxylation sites is 1. The minimum Gasteiger partial charge on any atom is -0.479 e. The summed E-state index contributed by atoms with van der Waals surface area (Å²) in [4.78, 5) is 24.3. The lowest BCUT2D eigenvalue weighted by Gasteiger charge is -2.23. The van der Waals surface area contributed by atoms with Crippen LogP contribution in [0.3, 0.4) is 0 Å². The highest BCUT2D eigenvalue weighted by molar-refractivity contribution is 5.99. The molecule has 0 unspecified atom stereocenters. The van der Waals surface area contributed by atoms with Gasteiger partial charge in [-0.1, -0.05) is 18.2 Å². The third kappa shape index (κ3) is 3.91. The van der Waals surface area contributed by atoms with Gasteiger partial charge in [-0.05, 0) is 63.1 Å². The van der Waals surface area contributed by atoms with Crippen LogP contribution in [-0.4, -0.2) is 27.7 Å². The van der Waals surface area contributed by atoms with Gasteiger partial charge in [0.25, 0.3) is 5.91 Å². The molecule has 3 aromatic rings. The maximum atomic E-state index is 12.5. The number of aromatic nitrogens is 2. The van der Waals surface area contributed by atoms with Crippen LogP contribution in [0.5, 0.6) is 5.75 Å². The number of rotatable bonds is 5. The molecule has 2 aromatic carbocycles. The summed E-state index contributed by atoms with van der Waals surface area (Å²) in [6.07, 6.45) is 0.402. The normalized spacial score (nSPS) is 15.2. The highest BCUT2D eigenvalue weighted by atomic mass is 16.5. The topological polar surface area (TPSA) is 85.3 Å². The van der Waals surface area contributed by atoms with Crippen LogP contribution in [0.25, 0.3) is 5.69 Å². The Bertz CT molecular complexity index is 1110. The summed E-state index contributed by atoms with van der Waals surface area (Å²) in [6.45, 7) is 5.68. The average molecular weight is 404 g/mol. The van der Waals surface area contributed by atoms with Crippen molar-refractivity contribution in [1.82, 2.24) is 9.78 Å². The number of amides is 2. The molecule has 1 atom stereocenters. The summed E-state index contributed by atoms with van der Waals surface area (Å²) in [7, 11) is 0. The number of benzene rings is 2. The third-order valence-corrected chi connectivity index (χ3v) is 5.24. The molecule has 7 heteroatoms. The van der Waals surface area contributed by atoms with E-state index in [0.717, 1.165) is 22.6 Å². The molecule has 30 heavy (non-hydrogen) atoms. The number of nitrogens with one attached hydrogen (secondary N) is 2. The molecule has 0 radical (unpaired) electrons. The molecule has 0 saturated heterocycles. The van der Waals surface area contributed by atoms with Gasteiger partial charge >= 0.3 is 0 Å². The number of aryl methyl sites for hydroxylation is 1. The Labute approximate surface area is 175 Å². The van der Waals surface area contributed by atoms with E-state index in [1.165, 1.54) is 0 Å². The standard InChI is InChI=1S/C23H24N4O3/c1-14-19(15(2)27(26-14)18-7-5-4-6-8-18)10-12-22(28)24-17-9-11-21-20(13-17)25-23(29)16(3)30-21/h4-9,11,13,16H,10,12H2,1-3H3,(H,24,28)(H,25,29)/t16-/m0/s1. The highest BCUT2D eigenvalue weighted by Crippen LogP contribution is 2.32. The summed E-state index contributed by atoms with van der Waals surface area (Å²) in [5.74, 6) is 0.296. The van der Waals surface area contributed by atoms with Gasteiger partial charge in [0.1, 0.15) is 5.75 Å². The second kappa shape index (κ2) is 8.02. The molecule has 0 spiro atoms. The van der Waals surface area contributed by atoms with Gasteiger partial charge in [-0.15, -0.1) is 0 Å². The number of anilines is 2. The Hall–Kier alpha value is -3.61. The van der Waals surface area contributed by atoms with Crippen molar-refractivity contribution in [2.75, 3.05) is 10.6 Å². The molecular formula is C23H24N4O3. The predicted molar refractivity (Wildman–Crippen MR) is 115 cm³/mol. The van der Waals surface area contributed by atoms with Gasteiger partial charge in [0.05, 0.1) is 17.1 Å². The highest BCUT2D eigenvalue weighted by Gasteiger charge is 2.23. The number of fused-ring (bicyclic) bond motifs is 1. The van der Waals surface area contributed by atoms with Crippen molar-refractivity contribution >= 4 is 23.2 Å². The summed E-state index contributed by atoms with van der Waals surface area (Å²) in [6, 6.07) is 15.2. The van der Waals surface area contributed by atoms with Crippen molar-refractivity contribution in [3.05, 3.63) is 65.5 Å². The van der Waals surface area contributed by atoms with E-state index in [1.54, 1.807) is 25.1 Å². The maximum Gasteiger partial charge on any atom is 0.265 e. The first kappa shape index (κ1) is 19.7. The fraction of sp³-hybridized carbons (Fsp3) is 0.261. The molecular weight excluding hydrogens is 380 g/mol. The van der Waals surface area contributed by atoms with Gasteiger partial charge in [0.15, 0.2) is 6.10 Å². The zero-order valence-electron chi connectivity index (χ0n) is 17.2. The fourth-order valence-electron chi connectivity index (χ4n) is 3.61. The molecule has 1 aromatic heterocycles. The number of carbonyl (C=O) groups is 2. The summed E-state index contributed by atoms with van der Waals surface area (Å²) < 4.78 is 7.45. The number of hydrogen-bond acceptors (Lipinski definition) is 4. The average Bonchev–Trinajstić information content (AvgIpc) is 3.02. The molecule has 0 bridgehead atoms. The van der Waals surface area contributed by atoms with Crippen LogP contribution < -0.4 is 15.4 Å². The lowest BCUT2D eigenvalue weighted by Crippen LogP contribution is -2.34. The van der Waals surface area contributed by atoms with Crippen molar-refractivity contribution < 1.29 is 14.3 Å². The minimum absolute atomic E-state index is 0.0994. The monoisotopic (exact) mass is 404 g/mol. The van der Waals surface area contributed by atoms with Gasteiger partial charge in [-0.25, -0.2) is 4.68 Å². The van der Waals surface area contributed by atoms with E-state index in [9.17, 15) is 9.59 Å². The second-order valence-corrected chi connectivity index (χ2v) is 7.41. The third-order valence-electron chi connectivity index (χ3n) is 5.24. The summed E-state index contributed by atoms with van der Waals surface area (Å²) in [5.41, 5.74) is 5.22. The van der Waals surface area contributed by atoms with Crippen LogP contribution in [0.4, 0.5) is 11.4 Å². The van der Waals surface area contributed by atoms with Crippen LogP contribution in [0.2, 0.25) is 0 Å². The van der Waals surface area contributed by atoms with Gasteiger partial charge < -0.3 is 15.4 Å². The van der Waals surface area contributed by atoms with Gasteiger partial charge in [0, 0.05) is 17.8 Å². The number of hydrogen-bond donors (Lipinski definition) is 2. The molecule has 2 amide bonds. The SMILES string of the molecule is Cc1nn(-c2ccccc2)c(C)c1CCC(=O)Nc1ccc2c(c1)NC(=O)[C@H](C)O2. The molecule has 4 rings (SSSR count). The van der Waals surface area contributed by atoms with Gasteiger partial charge in [-0.2, -0.15) is 5.10 Å². The Morgan fingerprint density at radius 3 is 2.73 bits per heavy atom. The molecule has 2 N–H and O–H groups in total. The summed E-state index contributed by atoms with van der Waals surface area (Å²) in [5, 5.41) is 10.3. The van der Waals surface area contributed by atoms with Crippen molar-refractivity contribution in [2.45, 2.75) is 39.7 Å². The molecule has 0 saturated carbocycles. The Morgan fingerprint density at radius 1 is 1.20 bits per heavy atom. The van der Waals surface area contributed by atoms with Crippen LogP contribution >= 0.6 is 0 Å². The Kier molecular flexibility index (Phi) is 5.27. The van der Waals surface area contributed by atoms with Crippen LogP contribution in [0.1, 0.15) is 30.3 Å². The Morgan fingerprint density at radius 2 is 1.97 bits per heavy atom. The van der Waals surface area contributed by atoms with Crippen LogP contribution in [0.15, 0.2) is 48.5 Å². The quantitative estimate of drug-likeness (QED) is 0.678. The zero-order chi connectivity index (χ0) is 21.3. The van der Waals surface area contributed by atoms with Crippen molar-refractivity contribution in [1.29, 1.82) is 0 Å². The molecule has 0 fully saturated rings. The minimum atomic E-state index is -0.527. The van der Waals surface area contributed by atoms with E-state index in [0.29, 0.717) is 30.0 Å². The van der Waals surface area contributed by atoms with Gasteiger partial charge in [0.2, 0.25) is 5.91 Å². The summed E-state index contributed by atoms with van der Waals surface area (Å²) >= 11 is 0. The van der Waals surface area contributed by atoms with Crippen molar-refractivity contribution in [3.8, 4) is 11.4 Å². The van der Waals surface area contributed by atoms with Crippen molar-refractivity contribution in [2.24, 2.45) is 0 Å². The number of ether oxygens (including phenoxy) is 1. The first-order chi connectivity index (χ1) is 14.4. The molecule has 1 aliphatic heterocycles. The van der Waals surface area contributed by atoms with E-state index in [4.69, 9.17) is 4.74 Å². The van der Waals surface area contributed by atoms with Gasteiger partial charge in [-0.3, -0.25) is 9.59 Å². The lowest BCUT2D eigenvalue weighted by molar-refractivity contribution is -0.122. The fourth-order valence-corrected chi connectivity index (χ4v) is 3.61. The van der Waals surface area contributed by atoms with Crippen LogP contribution in [0, 0.1) is 13.8 Å². The first-order valence-corrected chi connectivity index (χ1v) is 9.94. The largest absolute Gasteiger partial charge is 0.479 e. The molecule has 0 aliphatic carbocycles. The Balaban J connectivity index is 1.42. The lowest BCUT2D eigenvalue weighted by atomic mass is 10.1. The van der Waals surface area contributed by atoms with E-state index >= 15 is 0 Å². The van der Waals surface area contributed by atoms with E-state index in [-0.39, 0.29) is 11.8 Å². The first-order valence-electron chi connectivity index (χ1n) is 9.94. The molecule has 154 valence electrons. The van der Waals surface area contributed by atoms with Crippen LogP contribution in [-0.2, 0) is 16.0 Å². The van der Waals surface area contributed by atoms with E-state index < -0.39 is 6.10 Å². The smallest absolute Gasteiger partial charge is 0.265 e. The number of carbonyl (C=O) groups excluding carboxylic acids is 2. The zero-order valence-corrected chi connectivity index (χ0v) is 17.2. The molecule has 7 nitrogen and oxygen atoms in total. The second-order valence-electron chi connectivity index (χ2n) is 7.41. The van der Waals surface area contributed by atoms with E-state index in [2.05, 4.69) is 15.7 Å². The maximum absolute atomic E-state index is 12.5. The van der Waals surface area contributed by atoms with Crippen molar-refractivity contribution in [3.63, 3.8) is 0 Å². The molecule has 2 heterocycles. The van der Waals surface area contributed by atoms with E-state index in [1.807, 2.05) is 48.9 Å². The number of nitrogens with zero attached hydrogens (tertiary/aromatic N) is 2. The predicted octanol–water partition coefficient (Wildman–Crippen LogP) is 3.78.